The van der Waals surface area contributed by atoms with Gasteiger partial charge in [0, 0.05) is 12.7 Å². The van der Waals surface area contributed by atoms with E-state index >= 15 is 0 Å². The Labute approximate surface area is 112 Å². The fourth-order valence-electron chi connectivity index (χ4n) is 1.22. The molecule has 0 fully saturated rings. The lowest BCUT2D eigenvalue weighted by atomic mass is 10.2. The molecule has 0 bridgehead atoms. The monoisotopic (exact) mass is 271 g/mol. The van der Waals surface area contributed by atoms with Crippen LogP contribution in [0, 0.1) is 0 Å². The number of aromatic nitrogens is 1. The normalized spacial score (nSPS) is 12.9. The molecule has 0 spiro atoms. The van der Waals surface area contributed by atoms with Crippen molar-refractivity contribution in [3.05, 3.63) is 29.0 Å². The number of nitrogens with two attached hydrogens (primary N) is 1. The Morgan fingerprint density at radius 3 is 2.72 bits per heavy atom. The molecule has 0 saturated carbocycles. The molecule has 5 nitrogen and oxygen atoms in total. The number of hydrogen-bond acceptors (Lipinski definition) is 4. The van der Waals surface area contributed by atoms with Crippen LogP contribution in [0.2, 0.25) is 5.02 Å². The minimum absolute atomic E-state index is 0.254. The summed E-state index contributed by atoms with van der Waals surface area (Å²) in [4.78, 5) is 15.5. The molecule has 1 atom stereocenters. The Morgan fingerprint density at radius 2 is 2.22 bits per heavy atom. The molecule has 0 aliphatic heterocycles. The Morgan fingerprint density at radius 1 is 1.56 bits per heavy atom. The highest BCUT2D eigenvalue weighted by molar-refractivity contribution is 6.30. The van der Waals surface area contributed by atoms with E-state index in [0.29, 0.717) is 10.7 Å². The molecule has 1 aromatic heterocycles. The number of rotatable bonds is 3. The van der Waals surface area contributed by atoms with Crippen LogP contribution in [0.5, 0.6) is 0 Å². The van der Waals surface area contributed by atoms with E-state index in [9.17, 15) is 4.79 Å². The van der Waals surface area contributed by atoms with E-state index in [2.05, 4.69) is 10.3 Å². The van der Waals surface area contributed by atoms with E-state index in [1.165, 1.54) is 6.20 Å². The Balaban J connectivity index is 2.44. The molecule has 1 rings (SSSR count). The predicted molar refractivity (Wildman–Crippen MR) is 70.4 cm³/mol. The van der Waals surface area contributed by atoms with Crippen molar-refractivity contribution in [2.24, 2.45) is 5.73 Å². The van der Waals surface area contributed by atoms with Gasteiger partial charge in [0.05, 0.1) is 16.8 Å². The van der Waals surface area contributed by atoms with Gasteiger partial charge < -0.3 is 15.8 Å². The fourth-order valence-corrected chi connectivity index (χ4v) is 1.33. The molecule has 1 unspecified atom stereocenters. The van der Waals surface area contributed by atoms with E-state index in [4.69, 9.17) is 22.1 Å². The first kappa shape index (κ1) is 14.7. The number of carbonyl (C=O) groups excluding carboxylic acids is 1. The van der Waals surface area contributed by atoms with Gasteiger partial charge in [0.2, 0.25) is 0 Å². The Bertz CT molecular complexity index is 401. The molecule has 1 heterocycles. The lowest BCUT2D eigenvalue weighted by molar-refractivity contribution is 0.0524. The first-order valence-electron chi connectivity index (χ1n) is 5.62. The number of hydrogen-bond donors (Lipinski definition) is 2. The molecule has 0 radical (unpaired) electrons. The number of pyridine rings is 1. The first-order valence-corrected chi connectivity index (χ1v) is 5.99. The third kappa shape index (κ3) is 5.33. The van der Waals surface area contributed by atoms with Crippen molar-refractivity contribution in [1.82, 2.24) is 10.3 Å². The molecule has 1 aromatic rings. The minimum Gasteiger partial charge on any atom is -0.444 e. The number of nitrogens with one attached hydrogen (secondary N) is 1. The van der Waals surface area contributed by atoms with Crippen molar-refractivity contribution in [2.45, 2.75) is 32.4 Å². The first-order chi connectivity index (χ1) is 8.28. The van der Waals surface area contributed by atoms with E-state index in [1.54, 1.807) is 32.9 Å². The molecule has 0 aromatic carbocycles. The van der Waals surface area contributed by atoms with Gasteiger partial charge in [-0.2, -0.15) is 0 Å². The summed E-state index contributed by atoms with van der Waals surface area (Å²) in [6.45, 7) is 5.65. The van der Waals surface area contributed by atoms with Gasteiger partial charge in [0.15, 0.2) is 0 Å². The smallest absolute Gasteiger partial charge is 0.407 e. The quantitative estimate of drug-likeness (QED) is 0.884. The second-order valence-electron chi connectivity index (χ2n) is 4.89. The van der Waals surface area contributed by atoms with Crippen LogP contribution in [-0.4, -0.2) is 23.2 Å². The molecular formula is C12H18ClN3O2. The van der Waals surface area contributed by atoms with Crippen LogP contribution in [-0.2, 0) is 4.74 Å². The van der Waals surface area contributed by atoms with E-state index in [1.807, 2.05) is 0 Å². The predicted octanol–water partition coefficient (Wildman–Crippen LogP) is 2.26. The largest absolute Gasteiger partial charge is 0.444 e. The number of carbonyl (C=O) groups is 1. The molecule has 1 amide bonds. The minimum atomic E-state index is -0.521. The maximum absolute atomic E-state index is 11.4. The van der Waals surface area contributed by atoms with Crippen LogP contribution in [0.4, 0.5) is 4.79 Å². The maximum atomic E-state index is 11.4. The summed E-state index contributed by atoms with van der Waals surface area (Å²) in [7, 11) is 0. The van der Waals surface area contributed by atoms with E-state index in [-0.39, 0.29) is 6.54 Å². The van der Waals surface area contributed by atoms with Gasteiger partial charge in [-0.25, -0.2) is 4.79 Å². The highest BCUT2D eigenvalue weighted by Gasteiger charge is 2.17. The summed E-state index contributed by atoms with van der Waals surface area (Å²) >= 11 is 5.72. The summed E-state index contributed by atoms with van der Waals surface area (Å²) in [5, 5.41) is 3.14. The number of ether oxygens (including phenoxy) is 1. The SMILES string of the molecule is CC(C)(C)OC(=O)NCC(N)c1ccc(Cl)cn1. The summed E-state index contributed by atoms with van der Waals surface area (Å²) in [5.74, 6) is 0. The third-order valence-electron chi connectivity index (χ3n) is 2.00. The fraction of sp³-hybridized carbons (Fsp3) is 0.500. The molecular weight excluding hydrogens is 254 g/mol. The van der Waals surface area contributed by atoms with Gasteiger partial charge in [-0.1, -0.05) is 11.6 Å². The van der Waals surface area contributed by atoms with Gasteiger partial charge in [0.1, 0.15) is 5.60 Å². The zero-order valence-electron chi connectivity index (χ0n) is 10.7. The number of halogens is 1. The van der Waals surface area contributed by atoms with Crippen molar-refractivity contribution >= 4 is 17.7 Å². The molecule has 0 aliphatic rings. The molecule has 3 N–H and O–H groups in total. The van der Waals surface area contributed by atoms with Gasteiger partial charge in [-0.3, -0.25) is 4.98 Å². The number of nitrogens with zero attached hydrogens (tertiary/aromatic N) is 1. The molecule has 0 saturated heterocycles. The molecule has 18 heavy (non-hydrogen) atoms. The summed E-state index contributed by atoms with van der Waals surface area (Å²) in [6.07, 6.45) is 1.02. The standard InChI is InChI=1S/C12H18ClN3O2/c1-12(2,3)18-11(17)16-7-9(14)10-5-4-8(13)6-15-10/h4-6,9H,7,14H2,1-3H3,(H,16,17). The van der Waals surface area contributed by atoms with Crippen LogP contribution in [0.3, 0.4) is 0 Å². The van der Waals surface area contributed by atoms with Crippen LogP contribution in [0.25, 0.3) is 0 Å². The summed E-state index contributed by atoms with van der Waals surface area (Å²) in [6, 6.07) is 3.04. The summed E-state index contributed by atoms with van der Waals surface area (Å²) in [5.41, 5.74) is 6.02. The second kappa shape index (κ2) is 6.02. The van der Waals surface area contributed by atoms with Crippen molar-refractivity contribution in [1.29, 1.82) is 0 Å². The van der Waals surface area contributed by atoms with E-state index in [0.717, 1.165) is 0 Å². The van der Waals surface area contributed by atoms with Crippen LogP contribution in [0.1, 0.15) is 32.5 Å². The van der Waals surface area contributed by atoms with Gasteiger partial charge in [0.25, 0.3) is 0 Å². The molecule has 0 aliphatic carbocycles. The average Bonchev–Trinajstić information content (AvgIpc) is 2.24. The summed E-state index contributed by atoms with van der Waals surface area (Å²) < 4.78 is 5.10. The van der Waals surface area contributed by atoms with Gasteiger partial charge in [-0.15, -0.1) is 0 Å². The topological polar surface area (TPSA) is 77.2 Å². The Hall–Kier alpha value is -1.33. The zero-order valence-corrected chi connectivity index (χ0v) is 11.5. The highest BCUT2D eigenvalue weighted by atomic mass is 35.5. The van der Waals surface area contributed by atoms with E-state index < -0.39 is 17.7 Å². The average molecular weight is 272 g/mol. The lowest BCUT2D eigenvalue weighted by Crippen LogP contribution is -2.36. The van der Waals surface area contributed by atoms with Crippen molar-refractivity contribution in [2.75, 3.05) is 6.54 Å². The van der Waals surface area contributed by atoms with Crippen molar-refractivity contribution < 1.29 is 9.53 Å². The zero-order chi connectivity index (χ0) is 13.8. The number of alkyl carbamates (subject to hydrolysis) is 1. The number of amides is 1. The lowest BCUT2D eigenvalue weighted by Gasteiger charge is -2.20. The van der Waals surface area contributed by atoms with Crippen LogP contribution in [0.15, 0.2) is 18.3 Å². The third-order valence-corrected chi connectivity index (χ3v) is 2.22. The Kier molecular flexibility index (Phi) is 4.93. The van der Waals surface area contributed by atoms with Gasteiger partial charge in [-0.05, 0) is 32.9 Å². The molecule has 100 valence electrons. The van der Waals surface area contributed by atoms with Crippen LogP contribution < -0.4 is 11.1 Å². The van der Waals surface area contributed by atoms with Crippen molar-refractivity contribution in [3.63, 3.8) is 0 Å². The maximum Gasteiger partial charge on any atom is 0.407 e. The van der Waals surface area contributed by atoms with Crippen LogP contribution >= 0.6 is 11.6 Å². The second-order valence-corrected chi connectivity index (χ2v) is 5.33. The van der Waals surface area contributed by atoms with Crippen molar-refractivity contribution in [3.8, 4) is 0 Å². The van der Waals surface area contributed by atoms with Gasteiger partial charge >= 0.3 is 6.09 Å². The highest BCUT2D eigenvalue weighted by Crippen LogP contribution is 2.11. The molecule has 6 heteroatoms.